The highest BCUT2D eigenvalue weighted by atomic mass is 32.2. The van der Waals surface area contributed by atoms with E-state index >= 15 is 0 Å². The van der Waals surface area contributed by atoms with Crippen LogP contribution in [0.15, 0.2) is 16.3 Å². The van der Waals surface area contributed by atoms with E-state index in [4.69, 9.17) is 0 Å². The summed E-state index contributed by atoms with van der Waals surface area (Å²) in [4.78, 5) is 3.36. The van der Waals surface area contributed by atoms with E-state index in [-0.39, 0.29) is 6.04 Å². The maximum Gasteiger partial charge on any atom is 0.252 e. The number of hydrogen-bond acceptors (Lipinski definition) is 5. The topological polar surface area (TPSA) is 52.7 Å². The van der Waals surface area contributed by atoms with E-state index < -0.39 is 10.0 Å². The Balaban J connectivity index is 2.14. The summed E-state index contributed by atoms with van der Waals surface area (Å²) in [5, 5.41) is 3.04. The Labute approximate surface area is 125 Å². The number of likely N-dealkylation sites (N-methyl/N-ethyl adjacent to an activating group) is 1. The summed E-state index contributed by atoms with van der Waals surface area (Å²) in [5.74, 6) is 0. The van der Waals surface area contributed by atoms with Gasteiger partial charge in [0.25, 0.3) is 10.0 Å². The largest absolute Gasteiger partial charge is 0.315 e. The Morgan fingerprint density at radius 3 is 2.75 bits per heavy atom. The number of piperazine rings is 1. The molecule has 114 valence electrons. The van der Waals surface area contributed by atoms with E-state index in [2.05, 4.69) is 24.1 Å². The van der Waals surface area contributed by atoms with E-state index in [0.29, 0.717) is 23.8 Å². The summed E-state index contributed by atoms with van der Waals surface area (Å²) >= 11 is 1.36. The highest BCUT2D eigenvalue weighted by Crippen LogP contribution is 2.26. The molecule has 2 heterocycles. The van der Waals surface area contributed by atoms with Crippen molar-refractivity contribution in [3.63, 3.8) is 0 Å². The fraction of sp³-hybridized carbons (Fsp3) is 0.692. The van der Waals surface area contributed by atoms with Gasteiger partial charge in [0.05, 0.1) is 0 Å². The van der Waals surface area contributed by atoms with E-state index in [1.54, 1.807) is 10.4 Å². The van der Waals surface area contributed by atoms with Crippen molar-refractivity contribution in [1.29, 1.82) is 0 Å². The Kier molecular flexibility index (Phi) is 5.19. The molecule has 1 aromatic rings. The second kappa shape index (κ2) is 6.53. The lowest BCUT2D eigenvalue weighted by Crippen LogP contribution is -2.53. The second-order valence-corrected chi connectivity index (χ2v) is 8.42. The Morgan fingerprint density at radius 1 is 1.40 bits per heavy atom. The van der Waals surface area contributed by atoms with Crippen LogP contribution < -0.4 is 5.32 Å². The number of hydrogen-bond donors (Lipinski definition) is 1. The Morgan fingerprint density at radius 2 is 2.15 bits per heavy atom. The average molecular weight is 317 g/mol. The molecule has 1 N–H and O–H groups in total. The van der Waals surface area contributed by atoms with Crippen LogP contribution in [0.4, 0.5) is 0 Å². The molecule has 0 aliphatic carbocycles. The predicted octanol–water partition coefficient (Wildman–Crippen LogP) is 1.18. The number of thiophene rings is 1. The van der Waals surface area contributed by atoms with Crippen LogP contribution in [0.25, 0.3) is 0 Å². The molecule has 0 amide bonds. The smallest absolute Gasteiger partial charge is 0.252 e. The summed E-state index contributed by atoms with van der Waals surface area (Å²) in [6, 6.07) is 3.89. The quantitative estimate of drug-likeness (QED) is 0.886. The third-order valence-corrected chi connectivity index (χ3v) is 7.13. The van der Waals surface area contributed by atoms with Crippen molar-refractivity contribution in [2.45, 2.75) is 30.6 Å². The zero-order valence-electron chi connectivity index (χ0n) is 12.3. The van der Waals surface area contributed by atoms with Gasteiger partial charge in [-0.15, -0.1) is 11.3 Å². The first-order valence-corrected chi connectivity index (χ1v) is 9.22. The molecular weight excluding hydrogens is 294 g/mol. The van der Waals surface area contributed by atoms with E-state index in [0.717, 1.165) is 18.0 Å². The fourth-order valence-corrected chi connectivity index (χ4v) is 5.58. The van der Waals surface area contributed by atoms with Crippen molar-refractivity contribution >= 4 is 21.4 Å². The molecule has 1 aliphatic heterocycles. The molecule has 1 aromatic heterocycles. The molecule has 1 unspecified atom stereocenters. The standard InChI is InChI=1S/C13H23N3O2S2/c1-4-15-7-8-16(10-11(15)2)20(17,18)13-6-5-12(19-13)9-14-3/h5-6,11,14H,4,7-10H2,1-3H3. The first kappa shape index (κ1) is 15.9. The highest BCUT2D eigenvalue weighted by Gasteiger charge is 2.32. The van der Waals surface area contributed by atoms with Gasteiger partial charge in [-0.25, -0.2) is 8.42 Å². The van der Waals surface area contributed by atoms with Crippen molar-refractivity contribution in [3.8, 4) is 0 Å². The van der Waals surface area contributed by atoms with E-state index in [9.17, 15) is 8.42 Å². The minimum Gasteiger partial charge on any atom is -0.315 e. The molecule has 20 heavy (non-hydrogen) atoms. The van der Waals surface area contributed by atoms with E-state index in [1.807, 2.05) is 13.1 Å². The zero-order chi connectivity index (χ0) is 14.8. The van der Waals surface area contributed by atoms with Crippen LogP contribution in [0.1, 0.15) is 18.7 Å². The minimum absolute atomic E-state index is 0.278. The molecule has 0 radical (unpaired) electrons. The SMILES string of the molecule is CCN1CCN(S(=O)(=O)c2ccc(CNC)s2)CC1C. The average Bonchev–Trinajstić information content (AvgIpc) is 2.88. The molecule has 2 rings (SSSR count). The van der Waals surface area contributed by atoms with Crippen LogP contribution in [0.5, 0.6) is 0 Å². The van der Waals surface area contributed by atoms with Crippen molar-refractivity contribution in [3.05, 3.63) is 17.0 Å². The first-order chi connectivity index (χ1) is 9.48. The Bertz CT molecular complexity index is 542. The van der Waals surface area contributed by atoms with Gasteiger partial charge in [0.1, 0.15) is 4.21 Å². The fourth-order valence-electron chi connectivity index (χ4n) is 2.54. The molecular formula is C13H23N3O2S2. The highest BCUT2D eigenvalue weighted by molar-refractivity contribution is 7.91. The molecule has 0 aromatic carbocycles. The van der Waals surface area contributed by atoms with Crippen LogP contribution in [0.3, 0.4) is 0 Å². The number of rotatable bonds is 5. The van der Waals surface area contributed by atoms with Gasteiger partial charge in [-0.05, 0) is 32.6 Å². The maximum atomic E-state index is 12.6. The van der Waals surface area contributed by atoms with Gasteiger partial charge in [0, 0.05) is 37.1 Å². The molecule has 7 heteroatoms. The lowest BCUT2D eigenvalue weighted by atomic mass is 10.2. The summed E-state index contributed by atoms with van der Waals surface area (Å²) in [7, 11) is -1.47. The zero-order valence-corrected chi connectivity index (χ0v) is 13.9. The van der Waals surface area contributed by atoms with Crippen molar-refractivity contribution in [2.75, 3.05) is 33.2 Å². The van der Waals surface area contributed by atoms with Gasteiger partial charge < -0.3 is 5.32 Å². The summed E-state index contributed by atoms with van der Waals surface area (Å²) in [5.41, 5.74) is 0. The molecule has 0 bridgehead atoms. The first-order valence-electron chi connectivity index (χ1n) is 6.96. The van der Waals surface area contributed by atoms with Gasteiger partial charge in [-0.2, -0.15) is 4.31 Å². The minimum atomic E-state index is -3.33. The normalized spacial score (nSPS) is 22.2. The van der Waals surface area contributed by atoms with Gasteiger partial charge in [0.2, 0.25) is 0 Å². The molecule has 1 atom stereocenters. The number of nitrogens with one attached hydrogen (secondary N) is 1. The third kappa shape index (κ3) is 3.23. The summed E-state index contributed by atoms with van der Waals surface area (Å²) < 4.78 is 27.4. The van der Waals surface area contributed by atoms with Crippen LogP contribution in [0, 0.1) is 0 Å². The number of sulfonamides is 1. The van der Waals surface area contributed by atoms with E-state index in [1.165, 1.54) is 11.3 Å². The summed E-state index contributed by atoms with van der Waals surface area (Å²) in [6.07, 6.45) is 0. The van der Waals surface area contributed by atoms with Crippen LogP contribution in [-0.2, 0) is 16.6 Å². The second-order valence-electron chi connectivity index (χ2n) is 5.09. The van der Waals surface area contributed by atoms with Crippen molar-refractivity contribution in [1.82, 2.24) is 14.5 Å². The van der Waals surface area contributed by atoms with Gasteiger partial charge in [0.15, 0.2) is 0 Å². The lowest BCUT2D eigenvalue weighted by molar-refractivity contribution is 0.136. The predicted molar refractivity (Wildman–Crippen MR) is 82.6 cm³/mol. The molecule has 5 nitrogen and oxygen atoms in total. The molecule has 1 fully saturated rings. The van der Waals surface area contributed by atoms with Gasteiger partial charge in [-0.1, -0.05) is 6.92 Å². The molecule has 1 saturated heterocycles. The van der Waals surface area contributed by atoms with Crippen LogP contribution in [-0.4, -0.2) is 56.9 Å². The monoisotopic (exact) mass is 317 g/mol. The summed E-state index contributed by atoms with van der Waals surface area (Å²) in [6.45, 7) is 7.86. The maximum absolute atomic E-state index is 12.6. The number of nitrogens with zero attached hydrogens (tertiary/aromatic N) is 2. The van der Waals surface area contributed by atoms with Crippen LogP contribution >= 0.6 is 11.3 Å². The Hall–Kier alpha value is -0.470. The molecule has 0 saturated carbocycles. The molecule has 0 spiro atoms. The lowest BCUT2D eigenvalue weighted by Gasteiger charge is -2.38. The van der Waals surface area contributed by atoms with Crippen LogP contribution in [0.2, 0.25) is 0 Å². The van der Waals surface area contributed by atoms with Crippen molar-refractivity contribution < 1.29 is 8.42 Å². The van der Waals surface area contributed by atoms with Gasteiger partial charge >= 0.3 is 0 Å². The van der Waals surface area contributed by atoms with Crippen molar-refractivity contribution in [2.24, 2.45) is 0 Å². The third-order valence-electron chi connectivity index (χ3n) is 3.72. The molecule has 1 aliphatic rings. The van der Waals surface area contributed by atoms with Gasteiger partial charge in [-0.3, -0.25) is 4.90 Å².